The molecule has 11 aromatic rings. The van der Waals surface area contributed by atoms with Gasteiger partial charge in [-0.25, -0.2) is 8.75 Å². The first-order chi connectivity index (χ1) is 50.0. The number of fused-ring (bicyclic) bond motifs is 10. The zero-order chi connectivity index (χ0) is 71.1. The van der Waals surface area contributed by atoms with E-state index in [9.17, 15) is 0 Å². The summed E-state index contributed by atoms with van der Waals surface area (Å²) in [4.78, 5) is 10.8. The van der Waals surface area contributed by atoms with Crippen LogP contribution in [0.5, 0.6) is 11.5 Å². The van der Waals surface area contributed by atoms with Crippen LogP contribution in [0.25, 0.3) is 104 Å². The van der Waals surface area contributed by atoms with E-state index >= 15 is 0 Å². The summed E-state index contributed by atoms with van der Waals surface area (Å²) in [6.07, 6.45) is 34.3. The van der Waals surface area contributed by atoms with Gasteiger partial charge in [0.25, 0.3) is 0 Å². The quantitative estimate of drug-likeness (QED) is 0.0355. The maximum atomic E-state index is 7.47. The smallest absolute Gasteiger partial charge is 0.146 e. The maximum absolute atomic E-state index is 7.47. The predicted molar refractivity (Wildman–Crippen MR) is 452 cm³/mol. The second kappa shape index (κ2) is 37.8. The molecule has 16 heteroatoms. The molecule has 0 bridgehead atoms. The van der Waals surface area contributed by atoms with Crippen LogP contribution >= 0.6 is 91.5 Å². The molecule has 6 unspecified atom stereocenters. The average Bonchev–Trinajstić information content (AvgIpc) is 1.74. The molecule has 6 atom stereocenters. The van der Waals surface area contributed by atoms with E-state index in [1.165, 1.54) is 207 Å². The Morgan fingerprint density at radius 3 is 1.03 bits per heavy atom. The van der Waals surface area contributed by atoms with E-state index in [1.54, 1.807) is 22.3 Å². The molecule has 0 amide bonds. The van der Waals surface area contributed by atoms with Crippen molar-refractivity contribution >= 4 is 134 Å². The van der Waals surface area contributed by atoms with Gasteiger partial charge in [0, 0.05) is 105 Å². The zero-order valence-electron chi connectivity index (χ0n) is 64.1. The van der Waals surface area contributed by atoms with Gasteiger partial charge in [-0.3, -0.25) is 0 Å². The Hall–Kier alpha value is -3.00. The summed E-state index contributed by atoms with van der Waals surface area (Å²) in [6.45, 7) is 29.8. The van der Waals surface area contributed by atoms with Crippen molar-refractivity contribution in [2.75, 3.05) is 13.2 Å². The third-order valence-corrected chi connectivity index (χ3v) is 31.9. The van der Waals surface area contributed by atoms with Crippen molar-refractivity contribution in [1.82, 2.24) is 17.5 Å². The summed E-state index contributed by atoms with van der Waals surface area (Å²) < 4.78 is 38.1. The number of benzene rings is 3. The van der Waals surface area contributed by atoms with Gasteiger partial charge < -0.3 is 9.47 Å². The summed E-state index contributed by atoms with van der Waals surface area (Å²) in [5.41, 5.74) is 14.4. The molecule has 2 aliphatic rings. The van der Waals surface area contributed by atoms with Gasteiger partial charge in [0.05, 0.1) is 46.1 Å². The Morgan fingerprint density at radius 2 is 0.702 bits per heavy atom. The summed E-state index contributed by atoms with van der Waals surface area (Å²) in [5, 5.41) is 6.98. The van der Waals surface area contributed by atoms with Crippen molar-refractivity contribution < 1.29 is 51.6 Å². The van der Waals surface area contributed by atoms with Crippen molar-refractivity contribution in [3.63, 3.8) is 0 Å². The van der Waals surface area contributed by atoms with Gasteiger partial charge in [-0.2, -0.15) is 31.4 Å². The SMILES string of the molecule is CCCCC(CC)COc1c2cc(-c3c[c-]c(-c4cc5c(s4)-c4sccc4C5(CC(CC)CCCC)CC(CC)CCCC)c4nsnc34)sc2c(OCC(CC)CCCC)c2cc(-c3c[c-]c(-c4cc5c(s4)-c4sccc4C5(CC(CC)CCCC)CC(CC)CCCC)c4nsnc34)sc12.[W].[W]. The van der Waals surface area contributed by atoms with Crippen LogP contribution in [-0.2, 0) is 53.0 Å². The molecule has 0 N–H and O–H groups in total. The van der Waals surface area contributed by atoms with Crippen molar-refractivity contribution in [3.05, 3.63) is 93.7 Å². The molecule has 104 heavy (non-hydrogen) atoms. The van der Waals surface area contributed by atoms with Crippen LogP contribution < -0.4 is 9.47 Å². The molecular weight excluding hydrogens is 1770 g/mol. The van der Waals surface area contributed by atoms with Crippen molar-refractivity contribution in [1.29, 1.82) is 0 Å². The Morgan fingerprint density at radius 1 is 0.375 bits per heavy atom. The second-order valence-electron chi connectivity index (χ2n) is 30.6. The van der Waals surface area contributed by atoms with Gasteiger partial charge in [-0.15, -0.1) is 80.7 Å². The van der Waals surface area contributed by atoms with E-state index in [1.807, 2.05) is 68.0 Å². The van der Waals surface area contributed by atoms with Crippen molar-refractivity contribution in [2.45, 2.75) is 274 Å². The Balaban J connectivity index is 0.00000541. The van der Waals surface area contributed by atoms with Gasteiger partial charge in [-0.1, -0.05) is 248 Å². The number of unbranched alkanes of at least 4 members (excludes halogenated alkanes) is 6. The average molecular weight is 1880 g/mol. The van der Waals surface area contributed by atoms with Gasteiger partial charge in [0.2, 0.25) is 0 Å². The van der Waals surface area contributed by atoms with E-state index in [0.29, 0.717) is 48.7 Å². The van der Waals surface area contributed by atoms with Crippen LogP contribution in [0.3, 0.4) is 0 Å². The van der Waals surface area contributed by atoms with Gasteiger partial charge in [0.15, 0.2) is 0 Å². The van der Waals surface area contributed by atoms with Crippen LogP contribution in [0, 0.1) is 47.6 Å². The first kappa shape index (κ1) is 82.0. The standard InChI is InChI=1S/C88H112N4O2S8.2W/c1-13-25-31-55(19-7)49-87(50-56(20-8)32-26-14-2)67-41-43-95-83(67)85-69(87)47-73(99-85)63-39-37-61(75-77(63)91-101-89-75)71-45-65-79(93-53-59(23-11)35-29-17-5)82-66(80(81(65)97-71)94-54-60(24-12)36-30-18-6)46-72(98-82)62-38-40-64(78-76(62)90-102-92-78)74-48-70-86(100-74)84-68(42-44-96-84)88(70,51-57(21-9)33-27-15-3)52-58(22-10)34-28-16-4;;/h37-38,41-48,55-60H,13-36,49-54H2,1-12H3;;/q-2;;. The summed E-state index contributed by atoms with van der Waals surface area (Å²) in [6, 6.07) is 27.4. The van der Waals surface area contributed by atoms with Crippen molar-refractivity contribution in [2.24, 2.45) is 35.5 Å². The largest absolute Gasteiger partial charge is 0.491 e. The Bertz CT molecular complexity index is 4180. The van der Waals surface area contributed by atoms with E-state index in [2.05, 4.69) is 155 Å². The van der Waals surface area contributed by atoms with E-state index in [0.717, 1.165) is 111 Å². The topological polar surface area (TPSA) is 70.0 Å². The number of nitrogens with zero attached hydrogens (tertiary/aromatic N) is 4. The fourth-order valence-corrected chi connectivity index (χ4v) is 26.1. The number of thiophene rings is 6. The molecule has 0 aliphatic heterocycles. The Kier molecular flexibility index (Phi) is 29.8. The van der Waals surface area contributed by atoms with Crippen LogP contribution in [-0.4, -0.2) is 30.7 Å². The molecule has 6 nitrogen and oxygen atoms in total. The van der Waals surface area contributed by atoms with Crippen LogP contribution in [0.4, 0.5) is 0 Å². The van der Waals surface area contributed by atoms with Gasteiger partial charge >= 0.3 is 0 Å². The summed E-state index contributed by atoms with van der Waals surface area (Å²) in [5.74, 6) is 5.53. The molecule has 0 saturated heterocycles. The normalized spacial score (nSPS) is 17.1. The number of hydrogen-bond donors (Lipinski definition) is 0. The number of ether oxygens (including phenoxy) is 2. The molecule has 0 saturated carbocycles. The minimum Gasteiger partial charge on any atom is -0.491 e. The molecule has 8 heterocycles. The monoisotopic (exact) mass is 1880 g/mol. The fraction of sp³-hybridized carbons (Fsp3) is 0.568. The molecule has 13 rings (SSSR count). The second-order valence-corrected chi connectivity index (χ2v) is 37.7. The number of rotatable bonds is 42. The summed E-state index contributed by atoms with van der Waals surface area (Å²) >= 11 is 14.2. The minimum atomic E-state index is 0. The summed E-state index contributed by atoms with van der Waals surface area (Å²) in [7, 11) is 0. The van der Waals surface area contributed by atoms with Gasteiger partial charge in [-0.05, 0) is 151 Å². The molecule has 0 fully saturated rings. The minimum absolute atomic E-state index is 0. The van der Waals surface area contributed by atoms with Crippen LogP contribution in [0.2, 0.25) is 0 Å². The maximum Gasteiger partial charge on any atom is 0.146 e. The number of aromatic nitrogens is 4. The van der Waals surface area contributed by atoms with Crippen LogP contribution in [0.15, 0.2) is 59.3 Å². The van der Waals surface area contributed by atoms with E-state index in [-0.39, 0.29) is 53.0 Å². The van der Waals surface area contributed by atoms with Crippen LogP contribution in [0.1, 0.15) is 285 Å². The fourth-order valence-electron chi connectivity index (χ4n) is 17.7. The molecule has 558 valence electrons. The van der Waals surface area contributed by atoms with E-state index in [4.69, 9.17) is 27.0 Å². The third kappa shape index (κ3) is 16.4. The molecule has 2 aliphatic carbocycles. The predicted octanol–water partition coefficient (Wildman–Crippen LogP) is 30.8. The first-order valence-electron chi connectivity index (χ1n) is 40.1. The molecular formula is C88H112N4O2S8W2-2. The van der Waals surface area contributed by atoms with Crippen molar-refractivity contribution in [3.8, 4) is 72.8 Å². The third-order valence-electron chi connectivity index (χ3n) is 24.1. The molecule has 8 aromatic heterocycles. The Labute approximate surface area is 684 Å². The van der Waals surface area contributed by atoms with E-state index < -0.39 is 0 Å². The molecule has 0 radical (unpaired) electrons. The zero-order valence-corrected chi connectivity index (χ0v) is 76.5. The van der Waals surface area contributed by atoms with Gasteiger partial charge in [0.1, 0.15) is 11.5 Å². The molecule has 3 aromatic carbocycles. The number of hydrogen-bond acceptors (Lipinski definition) is 14. The molecule has 0 spiro atoms. The first-order valence-corrected chi connectivity index (χ1v) is 46.6.